The third-order valence-corrected chi connectivity index (χ3v) is 5.39. The summed E-state index contributed by atoms with van der Waals surface area (Å²) in [7, 11) is 1.80. The van der Waals surface area contributed by atoms with Crippen molar-refractivity contribution in [3.8, 4) is 0 Å². The standard InChI is InChI=1S/C24H21ClFN5/c1-28-21-9-3-7-19(31-21)23(18-6-2-8-20(27)30-18)22(15-10-12-16(25)13-11-15)17-5-4-14-29-24(17)26/h2-14,22-23H,1H3,(H2,27,30)(H,28,31). The third-order valence-electron chi connectivity index (χ3n) is 5.14. The van der Waals surface area contributed by atoms with Gasteiger partial charge in [0.05, 0.1) is 17.3 Å². The number of nitrogens with one attached hydrogen (secondary N) is 1. The van der Waals surface area contributed by atoms with E-state index in [4.69, 9.17) is 22.3 Å². The van der Waals surface area contributed by atoms with E-state index >= 15 is 4.39 Å². The number of aromatic nitrogens is 3. The first-order chi connectivity index (χ1) is 15.1. The van der Waals surface area contributed by atoms with Crippen LogP contribution in [0.3, 0.4) is 0 Å². The summed E-state index contributed by atoms with van der Waals surface area (Å²) in [5.41, 5.74) is 8.73. The molecule has 0 aliphatic carbocycles. The zero-order valence-corrected chi connectivity index (χ0v) is 17.6. The van der Waals surface area contributed by atoms with E-state index in [2.05, 4.69) is 15.3 Å². The SMILES string of the molecule is CNc1cccc(C(c2cccc(N)n2)C(c2ccc(Cl)cc2)c2cccnc2F)n1. The monoisotopic (exact) mass is 433 g/mol. The van der Waals surface area contributed by atoms with E-state index in [1.807, 2.05) is 42.5 Å². The number of nitrogens with zero attached hydrogens (tertiary/aromatic N) is 3. The fraction of sp³-hybridized carbons (Fsp3) is 0.125. The molecule has 4 aromatic rings. The summed E-state index contributed by atoms with van der Waals surface area (Å²) >= 11 is 6.13. The molecule has 1 aromatic carbocycles. The molecule has 2 unspecified atom stereocenters. The molecule has 0 fully saturated rings. The molecule has 0 aliphatic rings. The van der Waals surface area contributed by atoms with E-state index in [0.717, 1.165) is 11.3 Å². The Kier molecular flexibility index (Phi) is 6.09. The van der Waals surface area contributed by atoms with Gasteiger partial charge in [-0.05, 0) is 48.0 Å². The molecule has 0 amide bonds. The summed E-state index contributed by atoms with van der Waals surface area (Å²) < 4.78 is 15.0. The van der Waals surface area contributed by atoms with Gasteiger partial charge in [0.25, 0.3) is 0 Å². The lowest BCUT2D eigenvalue weighted by molar-refractivity contribution is 0.539. The Labute approximate surface area is 185 Å². The number of pyridine rings is 3. The molecule has 2 atom stereocenters. The third kappa shape index (κ3) is 4.49. The van der Waals surface area contributed by atoms with Crippen molar-refractivity contribution in [1.82, 2.24) is 15.0 Å². The first kappa shape index (κ1) is 20.8. The summed E-state index contributed by atoms with van der Waals surface area (Å²) in [6, 6.07) is 22.0. The van der Waals surface area contributed by atoms with Crippen LogP contribution in [0.25, 0.3) is 0 Å². The average molecular weight is 434 g/mol. The number of nitrogens with two attached hydrogens (primary N) is 1. The lowest BCUT2D eigenvalue weighted by Gasteiger charge is -2.28. The van der Waals surface area contributed by atoms with Crippen LogP contribution in [0.5, 0.6) is 0 Å². The maximum atomic E-state index is 15.0. The number of hydrogen-bond acceptors (Lipinski definition) is 5. The molecule has 156 valence electrons. The van der Waals surface area contributed by atoms with Crippen LogP contribution in [-0.4, -0.2) is 22.0 Å². The summed E-state index contributed by atoms with van der Waals surface area (Å²) in [5, 5.41) is 3.66. The predicted molar refractivity (Wildman–Crippen MR) is 122 cm³/mol. The van der Waals surface area contributed by atoms with Crippen LogP contribution >= 0.6 is 11.6 Å². The molecule has 0 bridgehead atoms. The Bertz CT molecular complexity index is 1180. The minimum atomic E-state index is -0.541. The second-order valence-electron chi connectivity index (χ2n) is 7.08. The van der Waals surface area contributed by atoms with Crippen molar-refractivity contribution in [2.75, 3.05) is 18.1 Å². The fourth-order valence-electron chi connectivity index (χ4n) is 3.75. The van der Waals surface area contributed by atoms with Gasteiger partial charge in [-0.15, -0.1) is 0 Å². The van der Waals surface area contributed by atoms with Crippen LogP contribution in [-0.2, 0) is 0 Å². The number of halogens is 2. The topological polar surface area (TPSA) is 76.7 Å². The lowest BCUT2D eigenvalue weighted by Crippen LogP contribution is -2.19. The number of hydrogen-bond donors (Lipinski definition) is 2. The number of benzene rings is 1. The molecule has 3 N–H and O–H groups in total. The Morgan fingerprint density at radius 3 is 2.26 bits per heavy atom. The van der Waals surface area contributed by atoms with Crippen LogP contribution in [0.1, 0.15) is 34.4 Å². The number of nitrogen functional groups attached to an aromatic ring is 1. The predicted octanol–water partition coefficient (Wildman–Crippen LogP) is 5.25. The smallest absolute Gasteiger partial charge is 0.216 e. The van der Waals surface area contributed by atoms with Crippen molar-refractivity contribution in [2.24, 2.45) is 0 Å². The summed E-state index contributed by atoms with van der Waals surface area (Å²) in [4.78, 5) is 13.2. The average Bonchev–Trinajstić information content (AvgIpc) is 2.79. The van der Waals surface area contributed by atoms with Crippen molar-refractivity contribution in [3.05, 3.63) is 112 Å². The minimum absolute atomic E-state index is 0.383. The molecule has 0 saturated carbocycles. The molecule has 0 spiro atoms. The van der Waals surface area contributed by atoms with Crippen LogP contribution < -0.4 is 11.1 Å². The first-order valence-corrected chi connectivity index (χ1v) is 10.2. The van der Waals surface area contributed by atoms with Gasteiger partial charge in [0.15, 0.2) is 0 Å². The molecule has 4 rings (SSSR count). The zero-order chi connectivity index (χ0) is 21.8. The van der Waals surface area contributed by atoms with Gasteiger partial charge in [-0.1, -0.05) is 41.9 Å². The molecule has 7 heteroatoms. The van der Waals surface area contributed by atoms with Crippen molar-refractivity contribution in [3.63, 3.8) is 0 Å². The van der Waals surface area contributed by atoms with Crippen molar-refractivity contribution in [2.45, 2.75) is 11.8 Å². The van der Waals surface area contributed by atoms with E-state index < -0.39 is 17.8 Å². The minimum Gasteiger partial charge on any atom is -0.384 e. The van der Waals surface area contributed by atoms with Crippen LogP contribution in [0.2, 0.25) is 5.02 Å². The molecular formula is C24H21ClFN5. The largest absolute Gasteiger partial charge is 0.384 e. The summed E-state index contributed by atoms with van der Waals surface area (Å²) in [6.45, 7) is 0. The molecule has 3 heterocycles. The highest BCUT2D eigenvalue weighted by Gasteiger charge is 2.32. The van der Waals surface area contributed by atoms with E-state index in [0.29, 0.717) is 27.9 Å². The molecule has 0 saturated heterocycles. The summed E-state index contributed by atoms with van der Waals surface area (Å²) in [6.07, 6.45) is 1.44. The van der Waals surface area contributed by atoms with Crippen molar-refractivity contribution < 1.29 is 4.39 Å². The Morgan fingerprint density at radius 2 is 1.58 bits per heavy atom. The van der Waals surface area contributed by atoms with Crippen LogP contribution in [0.4, 0.5) is 16.0 Å². The second kappa shape index (κ2) is 9.10. The maximum absolute atomic E-state index is 15.0. The fourth-order valence-corrected chi connectivity index (χ4v) is 3.88. The first-order valence-electron chi connectivity index (χ1n) is 9.80. The molecule has 31 heavy (non-hydrogen) atoms. The summed E-state index contributed by atoms with van der Waals surface area (Å²) in [5.74, 6) is -0.334. The van der Waals surface area contributed by atoms with Gasteiger partial charge in [-0.25, -0.2) is 15.0 Å². The quantitative estimate of drug-likeness (QED) is 0.406. The van der Waals surface area contributed by atoms with Gasteiger partial charge in [0.1, 0.15) is 11.6 Å². The van der Waals surface area contributed by atoms with Crippen LogP contribution in [0, 0.1) is 5.95 Å². The molecule has 5 nitrogen and oxygen atoms in total. The molecule has 3 aromatic heterocycles. The molecular weight excluding hydrogens is 413 g/mol. The van der Waals surface area contributed by atoms with E-state index in [1.54, 1.807) is 37.4 Å². The van der Waals surface area contributed by atoms with Gasteiger partial charge in [-0.3, -0.25) is 0 Å². The van der Waals surface area contributed by atoms with Crippen molar-refractivity contribution in [1.29, 1.82) is 0 Å². The molecule has 0 aliphatic heterocycles. The van der Waals surface area contributed by atoms with E-state index in [1.165, 1.54) is 6.20 Å². The zero-order valence-electron chi connectivity index (χ0n) is 16.8. The second-order valence-corrected chi connectivity index (χ2v) is 7.51. The van der Waals surface area contributed by atoms with Gasteiger partial charge in [-0.2, -0.15) is 4.39 Å². The maximum Gasteiger partial charge on any atom is 0.216 e. The van der Waals surface area contributed by atoms with E-state index in [-0.39, 0.29) is 0 Å². The Balaban J connectivity index is 1.99. The van der Waals surface area contributed by atoms with E-state index in [9.17, 15) is 0 Å². The Morgan fingerprint density at radius 1 is 0.871 bits per heavy atom. The van der Waals surface area contributed by atoms with Gasteiger partial charge >= 0.3 is 0 Å². The number of rotatable bonds is 6. The van der Waals surface area contributed by atoms with Gasteiger partial charge < -0.3 is 11.1 Å². The lowest BCUT2D eigenvalue weighted by atomic mass is 9.77. The van der Waals surface area contributed by atoms with Crippen molar-refractivity contribution >= 4 is 23.2 Å². The number of anilines is 2. The van der Waals surface area contributed by atoms with Gasteiger partial charge in [0.2, 0.25) is 5.95 Å². The normalized spacial score (nSPS) is 12.9. The highest BCUT2D eigenvalue weighted by atomic mass is 35.5. The molecule has 0 radical (unpaired) electrons. The Hall–Kier alpha value is -3.51. The van der Waals surface area contributed by atoms with Gasteiger partial charge in [0, 0.05) is 29.7 Å². The highest BCUT2D eigenvalue weighted by Crippen LogP contribution is 2.42. The highest BCUT2D eigenvalue weighted by molar-refractivity contribution is 6.30. The van der Waals surface area contributed by atoms with Crippen LogP contribution in [0.15, 0.2) is 79.0 Å².